The van der Waals surface area contributed by atoms with E-state index in [2.05, 4.69) is 18.8 Å². The highest BCUT2D eigenvalue weighted by Crippen LogP contribution is 2.27. The average molecular weight is 488 g/mol. The Morgan fingerprint density at radius 1 is 1.12 bits per heavy atom. The largest absolute Gasteiger partial charge is 0.497 e. The smallest absolute Gasteiger partial charge is 0.279 e. The van der Waals surface area contributed by atoms with Crippen molar-refractivity contribution in [2.75, 3.05) is 20.2 Å². The Kier molecular flexibility index (Phi) is 6.74. The van der Waals surface area contributed by atoms with Crippen molar-refractivity contribution in [3.63, 3.8) is 0 Å². The number of fused-ring (bicyclic) bond motifs is 1. The third-order valence-electron chi connectivity index (χ3n) is 5.98. The van der Waals surface area contributed by atoms with Gasteiger partial charge in [-0.05, 0) is 67.6 Å². The Hall–Kier alpha value is -2.49. The van der Waals surface area contributed by atoms with Crippen LogP contribution in [0.4, 0.5) is 0 Å². The van der Waals surface area contributed by atoms with Crippen LogP contribution >= 0.6 is 11.3 Å². The zero-order valence-corrected chi connectivity index (χ0v) is 20.9. The van der Waals surface area contributed by atoms with Crippen LogP contribution in [0, 0.1) is 11.8 Å². The van der Waals surface area contributed by atoms with E-state index in [9.17, 15) is 13.2 Å². The first-order valence-corrected chi connectivity index (χ1v) is 13.3. The van der Waals surface area contributed by atoms with Gasteiger partial charge in [-0.2, -0.15) is 9.30 Å². The summed E-state index contributed by atoms with van der Waals surface area (Å²) >= 11 is 1.42. The summed E-state index contributed by atoms with van der Waals surface area (Å²) in [6.07, 6.45) is 1.03. The maximum absolute atomic E-state index is 13.1. The lowest BCUT2D eigenvalue weighted by molar-refractivity contribution is 0.0997. The quantitative estimate of drug-likeness (QED) is 0.542. The molecule has 1 fully saturated rings. The fourth-order valence-electron chi connectivity index (χ4n) is 4.44. The van der Waals surface area contributed by atoms with E-state index < -0.39 is 15.9 Å². The van der Waals surface area contributed by atoms with E-state index in [-0.39, 0.29) is 4.90 Å². The van der Waals surface area contributed by atoms with Crippen molar-refractivity contribution >= 4 is 37.5 Å². The predicted molar refractivity (Wildman–Crippen MR) is 130 cm³/mol. The van der Waals surface area contributed by atoms with Gasteiger partial charge in [-0.25, -0.2) is 8.42 Å². The summed E-state index contributed by atoms with van der Waals surface area (Å²) < 4.78 is 36.0. The van der Waals surface area contributed by atoms with Crippen molar-refractivity contribution in [2.24, 2.45) is 16.8 Å². The molecule has 9 heteroatoms. The number of rotatable bonds is 5. The lowest BCUT2D eigenvalue weighted by Gasteiger charge is -2.34. The number of thiazole rings is 1. The molecule has 1 aliphatic heterocycles. The number of methoxy groups -OCH3 is 1. The summed E-state index contributed by atoms with van der Waals surface area (Å²) in [4.78, 5) is 18.0. The van der Waals surface area contributed by atoms with E-state index in [0.717, 1.165) is 22.4 Å². The van der Waals surface area contributed by atoms with Crippen LogP contribution < -0.4 is 9.54 Å². The molecule has 33 heavy (non-hydrogen) atoms. The van der Waals surface area contributed by atoms with Gasteiger partial charge in [-0.3, -0.25) is 4.79 Å². The fourth-order valence-corrected chi connectivity index (χ4v) is 7.24. The summed E-state index contributed by atoms with van der Waals surface area (Å²) in [5, 5.41) is 0. The predicted octanol–water partition coefficient (Wildman–Crippen LogP) is 4.14. The second-order valence-corrected chi connectivity index (χ2v) is 11.6. The summed E-state index contributed by atoms with van der Waals surface area (Å²) in [5.41, 5.74) is 1.34. The third-order valence-corrected chi connectivity index (χ3v) is 8.86. The molecule has 1 aromatic heterocycles. The van der Waals surface area contributed by atoms with E-state index in [1.165, 1.54) is 23.5 Å². The molecule has 1 aliphatic rings. The molecule has 2 aromatic carbocycles. The number of aryl methyl sites for hydroxylation is 1. The maximum atomic E-state index is 13.1. The summed E-state index contributed by atoms with van der Waals surface area (Å²) in [6.45, 7) is 7.87. The highest BCUT2D eigenvalue weighted by atomic mass is 32.2. The Morgan fingerprint density at radius 3 is 2.39 bits per heavy atom. The van der Waals surface area contributed by atoms with Gasteiger partial charge in [0.2, 0.25) is 10.0 Å². The SMILES string of the molecule is CCn1c(=NC(=O)c2ccc(S(=O)(=O)N3CC(C)CC(C)C3)cc2)sc2cc(OC)ccc21. The molecule has 1 saturated heterocycles. The molecule has 2 atom stereocenters. The number of carbonyl (C=O) groups excluding carboxylic acids is 1. The van der Waals surface area contributed by atoms with Gasteiger partial charge in [0.05, 0.1) is 22.2 Å². The number of piperidine rings is 1. The standard InChI is InChI=1S/C24H29N3O4S2/c1-5-27-21-11-8-19(31-4)13-22(21)32-24(27)25-23(28)18-6-9-20(10-7-18)33(29,30)26-14-16(2)12-17(3)15-26/h6-11,13,16-17H,5,12,14-15H2,1-4H3. The molecule has 176 valence electrons. The number of ether oxygens (including phenoxy) is 1. The van der Waals surface area contributed by atoms with Crippen LogP contribution in [0.5, 0.6) is 5.75 Å². The minimum absolute atomic E-state index is 0.206. The van der Waals surface area contributed by atoms with Crippen molar-refractivity contribution in [1.82, 2.24) is 8.87 Å². The number of nitrogens with zero attached hydrogens (tertiary/aromatic N) is 3. The highest BCUT2D eigenvalue weighted by molar-refractivity contribution is 7.89. The first-order chi connectivity index (χ1) is 15.7. The van der Waals surface area contributed by atoms with Gasteiger partial charge in [-0.1, -0.05) is 25.2 Å². The van der Waals surface area contributed by atoms with E-state index in [1.54, 1.807) is 23.5 Å². The molecule has 0 bridgehead atoms. The fraction of sp³-hybridized carbons (Fsp3) is 0.417. The molecule has 0 saturated carbocycles. The van der Waals surface area contributed by atoms with Crippen LogP contribution in [0.25, 0.3) is 10.2 Å². The highest BCUT2D eigenvalue weighted by Gasteiger charge is 2.31. The second-order valence-electron chi connectivity index (χ2n) is 8.67. The molecule has 0 radical (unpaired) electrons. The molecular weight excluding hydrogens is 458 g/mol. The van der Waals surface area contributed by atoms with Crippen molar-refractivity contribution in [2.45, 2.75) is 38.6 Å². The zero-order valence-electron chi connectivity index (χ0n) is 19.3. The van der Waals surface area contributed by atoms with Crippen molar-refractivity contribution in [1.29, 1.82) is 0 Å². The van der Waals surface area contributed by atoms with Gasteiger partial charge in [0.15, 0.2) is 4.80 Å². The zero-order chi connectivity index (χ0) is 23.8. The number of carbonyl (C=O) groups is 1. The van der Waals surface area contributed by atoms with E-state index in [0.29, 0.717) is 41.8 Å². The number of amides is 1. The first kappa shape index (κ1) is 23.7. The normalized spacial score (nSPS) is 20.3. The van der Waals surface area contributed by atoms with Gasteiger partial charge in [0, 0.05) is 25.2 Å². The topological polar surface area (TPSA) is 81.0 Å². The number of hydrogen-bond acceptors (Lipinski definition) is 5. The minimum atomic E-state index is -3.59. The van der Waals surface area contributed by atoms with Crippen LogP contribution in [-0.2, 0) is 16.6 Å². The van der Waals surface area contributed by atoms with E-state index >= 15 is 0 Å². The molecule has 0 spiro atoms. The van der Waals surface area contributed by atoms with Crippen LogP contribution in [-0.4, -0.2) is 43.4 Å². The minimum Gasteiger partial charge on any atom is -0.497 e. The molecule has 4 rings (SSSR count). The van der Waals surface area contributed by atoms with Crippen molar-refractivity contribution in [3.8, 4) is 5.75 Å². The number of sulfonamides is 1. The lowest BCUT2D eigenvalue weighted by atomic mass is 9.94. The Morgan fingerprint density at radius 2 is 1.79 bits per heavy atom. The molecule has 3 aromatic rings. The van der Waals surface area contributed by atoms with Crippen molar-refractivity contribution < 1.29 is 17.9 Å². The van der Waals surface area contributed by atoms with Crippen LogP contribution in [0.3, 0.4) is 0 Å². The number of hydrogen-bond donors (Lipinski definition) is 0. The van der Waals surface area contributed by atoms with Gasteiger partial charge < -0.3 is 9.30 Å². The molecule has 0 aliphatic carbocycles. The lowest BCUT2D eigenvalue weighted by Crippen LogP contribution is -2.42. The molecule has 0 N–H and O–H groups in total. The van der Waals surface area contributed by atoms with Crippen LogP contribution in [0.15, 0.2) is 52.4 Å². The number of benzene rings is 2. The first-order valence-electron chi connectivity index (χ1n) is 11.1. The Labute approximate surface area is 198 Å². The van der Waals surface area contributed by atoms with Gasteiger partial charge >= 0.3 is 0 Å². The average Bonchev–Trinajstić information content (AvgIpc) is 3.14. The molecule has 2 heterocycles. The molecule has 2 unspecified atom stereocenters. The summed E-state index contributed by atoms with van der Waals surface area (Å²) in [5.74, 6) is 1.00. The van der Waals surface area contributed by atoms with Gasteiger partial charge in [0.1, 0.15) is 5.75 Å². The molecule has 7 nitrogen and oxygen atoms in total. The van der Waals surface area contributed by atoms with E-state index in [1.807, 2.05) is 29.7 Å². The second kappa shape index (κ2) is 9.40. The van der Waals surface area contributed by atoms with Gasteiger partial charge in [-0.15, -0.1) is 0 Å². The monoisotopic (exact) mass is 487 g/mol. The summed E-state index contributed by atoms with van der Waals surface area (Å²) in [7, 11) is -1.97. The molecule has 1 amide bonds. The maximum Gasteiger partial charge on any atom is 0.279 e. The number of aromatic nitrogens is 1. The van der Waals surface area contributed by atoms with Gasteiger partial charge in [0.25, 0.3) is 5.91 Å². The Balaban J connectivity index is 1.62. The summed E-state index contributed by atoms with van der Waals surface area (Å²) in [6, 6.07) is 11.9. The Bertz CT molecular complexity index is 1330. The molecular formula is C24H29N3O4S2. The van der Waals surface area contributed by atoms with E-state index in [4.69, 9.17) is 4.74 Å². The van der Waals surface area contributed by atoms with Crippen molar-refractivity contribution in [3.05, 3.63) is 52.8 Å². The van der Waals surface area contributed by atoms with Crippen LogP contribution in [0.2, 0.25) is 0 Å². The van der Waals surface area contributed by atoms with Crippen LogP contribution in [0.1, 0.15) is 37.6 Å². The third kappa shape index (κ3) is 4.76.